The molecule has 2 amide bonds. The topological polar surface area (TPSA) is 86.4 Å². The van der Waals surface area contributed by atoms with E-state index in [4.69, 9.17) is 11.6 Å². The fourth-order valence-corrected chi connectivity index (χ4v) is 3.85. The highest BCUT2D eigenvalue weighted by molar-refractivity contribution is 7.95. The Labute approximate surface area is 177 Å². The summed E-state index contributed by atoms with van der Waals surface area (Å²) in [4.78, 5) is 29.6. The van der Waals surface area contributed by atoms with Crippen molar-refractivity contribution in [3.05, 3.63) is 58.6 Å². The summed E-state index contributed by atoms with van der Waals surface area (Å²) in [7, 11) is 1.75. The van der Waals surface area contributed by atoms with E-state index in [1.807, 2.05) is 25.1 Å². The molecule has 1 aliphatic heterocycles. The Morgan fingerprint density at radius 2 is 2.14 bits per heavy atom. The minimum atomic E-state index is -0.557. The van der Waals surface area contributed by atoms with Crippen LogP contribution in [0, 0.1) is 12.7 Å². The first kappa shape index (κ1) is 21.5. The van der Waals surface area contributed by atoms with Crippen LogP contribution in [-0.4, -0.2) is 40.2 Å². The van der Waals surface area contributed by atoms with Gasteiger partial charge in [-0.25, -0.2) is 13.4 Å². The normalized spacial score (nSPS) is 19.6. The number of nitrogens with one attached hydrogen (secondary N) is 3. The molecule has 1 aliphatic rings. The molecule has 2 atom stereocenters. The molecule has 0 bridgehead atoms. The summed E-state index contributed by atoms with van der Waals surface area (Å²) in [6.07, 6.45) is 0.275. The number of benzene rings is 1. The van der Waals surface area contributed by atoms with Crippen molar-refractivity contribution in [3.63, 3.8) is 0 Å². The highest BCUT2D eigenvalue weighted by atomic mass is 35.5. The lowest BCUT2D eigenvalue weighted by atomic mass is 10.1. The summed E-state index contributed by atoms with van der Waals surface area (Å²) in [6.45, 7) is 2.20. The van der Waals surface area contributed by atoms with Crippen molar-refractivity contribution < 1.29 is 14.0 Å². The van der Waals surface area contributed by atoms with Crippen LogP contribution in [0.5, 0.6) is 0 Å². The van der Waals surface area contributed by atoms with Crippen molar-refractivity contribution in [1.82, 2.24) is 19.3 Å². The number of nitrogens with zero attached hydrogens (tertiary/aromatic N) is 2. The molecule has 154 valence electrons. The van der Waals surface area contributed by atoms with Crippen LogP contribution < -0.4 is 15.4 Å². The number of halogens is 2. The van der Waals surface area contributed by atoms with Crippen LogP contribution in [0.3, 0.4) is 0 Å². The molecule has 1 aromatic carbocycles. The summed E-state index contributed by atoms with van der Waals surface area (Å²) in [6, 6.07) is 8.48. The van der Waals surface area contributed by atoms with Crippen molar-refractivity contribution in [3.8, 4) is 0 Å². The Bertz CT molecular complexity index is 916. The summed E-state index contributed by atoms with van der Waals surface area (Å²) in [5.74, 6) is -1.07. The van der Waals surface area contributed by atoms with E-state index in [0.29, 0.717) is 12.2 Å². The van der Waals surface area contributed by atoms with Crippen LogP contribution >= 0.6 is 23.7 Å². The molecular formula is C19H21ClFN5O2S. The maximum Gasteiger partial charge on any atom is 0.242 e. The van der Waals surface area contributed by atoms with E-state index >= 15 is 0 Å². The second-order valence-corrected chi connectivity index (χ2v) is 8.07. The fraction of sp³-hybridized carbons (Fsp3) is 0.316. The third-order valence-electron chi connectivity index (χ3n) is 4.43. The molecule has 1 aromatic heterocycles. The van der Waals surface area contributed by atoms with Crippen LogP contribution in [0.2, 0.25) is 5.02 Å². The Balaban J connectivity index is 1.59. The Hall–Kier alpha value is -2.20. The lowest BCUT2D eigenvalue weighted by Gasteiger charge is -2.34. The SMILES string of the molecule is Cc1cccc(CNC(=O)C2CC(C(=O)Nc3ccc(F)c(Cl)c3)N(C)SN2)n1. The van der Waals surface area contributed by atoms with Crippen LogP contribution in [-0.2, 0) is 16.1 Å². The van der Waals surface area contributed by atoms with Gasteiger partial charge in [0.1, 0.15) is 11.9 Å². The van der Waals surface area contributed by atoms with E-state index in [1.54, 1.807) is 11.4 Å². The van der Waals surface area contributed by atoms with Crippen LogP contribution in [0.25, 0.3) is 0 Å². The van der Waals surface area contributed by atoms with Gasteiger partial charge >= 0.3 is 0 Å². The van der Waals surface area contributed by atoms with Crippen molar-refractivity contribution in [2.75, 3.05) is 12.4 Å². The second-order valence-electron chi connectivity index (χ2n) is 6.67. The summed E-state index contributed by atoms with van der Waals surface area (Å²) in [5, 5.41) is 5.49. The third kappa shape index (κ3) is 5.66. The van der Waals surface area contributed by atoms with Crippen LogP contribution in [0.4, 0.5) is 10.1 Å². The molecule has 0 radical (unpaired) electrons. The Morgan fingerprint density at radius 1 is 1.34 bits per heavy atom. The number of rotatable bonds is 5. The summed E-state index contributed by atoms with van der Waals surface area (Å²) in [5.41, 5.74) is 2.04. The first-order chi connectivity index (χ1) is 13.8. The zero-order valence-corrected chi connectivity index (χ0v) is 17.5. The molecule has 7 nitrogen and oxygen atoms in total. The molecule has 2 heterocycles. The van der Waals surface area contributed by atoms with Gasteiger partial charge in [0.15, 0.2) is 0 Å². The molecule has 29 heavy (non-hydrogen) atoms. The van der Waals surface area contributed by atoms with E-state index in [9.17, 15) is 14.0 Å². The predicted octanol–water partition coefficient (Wildman–Crippen LogP) is 2.66. The standard InChI is InChI=1S/C19H21ClFN5O2S/c1-11-4-3-5-13(23-11)10-22-18(27)16-9-17(26(2)29-25-16)19(28)24-12-6-7-15(21)14(20)8-12/h3-8,16-17,25H,9-10H2,1-2H3,(H,22,27)(H,24,28). The van der Waals surface area contributed by atoms with Gasteiger partial charge in [0.05, 0.1) is 23.3 Å². The average molecular weight is 438 g/mol. The molecule has 10 heteroatoms. The smallest absolute Gasteiger partial charge is 0.242 e. The number of aromatic nitrogens is 1. The minimum absolute atomic E-state index is 0.0714. The minimum Gasteiger partial charge on any atom is -0.349 e. The van der Waals surface area contributed by atoms with Gasteiger partial charge in [-0.15, -0.1) is 0 Å². The predicted molar refractivity (Wildman–Crippen MR) is 112 cm³/mol. The highest BCUT2D eigenvalue weighted by Gasteiger charge is 2.35. The number of hydrogen-bond donors (Lipinski definition) is 3. The molecule has 0 saturated carbocycles. The van der Waals surface area contributed by atoms with Gasteiger partial charge in [0.25, 0.3) is 0 Å². The maximum absolute atomic E-state index is 13.3. The van der Waals surface area contributed by atoms with Crippen molar-refractivity contribution in [2.45, 2.75) is 32.0 Å². The van der Waals surface area contributed by atoms with Gasteiger partial charge in [-0.3, -0.25) is 14.6 Å². The van der Waals surface area contributed by atoms with Gasteiger partial charge in [-0.05, 0) is 50.7 Å². The van der Waals surface area contributed by atoms with Gasteiger partial charge in [-0.1, -0.05) is 17.7 Å². The Kier molecular flexibility index (Phi) is 7.07. The zero-order chi connectivity index (χ0) is 21.0. The van der Waals surface area contributed by atoms with Crippen LogP contribution in [0.15, 0.2) is 36.4 Å². The molecule has 3 N–H and O–H groups in total. The third-order valence-corrected chi connectivity index (χ3v) is 5.65. The maximum atomic E-state index is 13.3. The number of carbonyl (C=O) groups excluding carboxylic acids is 2. The van der Waals surface area contributed by atoms with Gasteiger partial charge in [0, 0.05) is 23.5 Å². The average Bonchev–Trinajstić information content (AvgIpc) is 2.69. The largest absolute Gasteiger partial charge is 0.349 e. The first-order valence-corrected chi connectivity index (χ1v) is 10.1. The second kappa shape index (κ2) is 9.53. The molecule has 2 unspecified atom stereocenters. The first-order valence-electron chi connectivity index (χ1n) is 8.95. The van der Waals surface area contributed by atoms with E-state index < -0.39 is 17.9 Å². The van der Waals surface area contributed by atoms with E-state index in [2.05, 4.69) is 20.3 Å². The number of likely N-dealkylation sites (N-methyl/N-ethyl adjacent to an activating group) is 1. The van der Waals surface area contributed by atoms with Crippen molar-refractivity contribution in [2.24, 2.45) is 0 Å². The highest BCUT2D eigenvalue weighted by Crippen LogP contribution is 2.24. The fourth-order valence-electron chi connectivity index (χ4n) is 2.86. The number of aryl methyl sites for hydroxylation is 1. The molecular weight excluding hydrogens is 417 g/mol. The summed E-state index contributed by atoms with van der Waals surface area (Å²) >= 11 is 6.95. The van der Waals surface area contributed by atoms with Gasteiger partial charge < -0.3 is 10.6 Å². The van der Waals surface area contributed by atoms with E-state index in [0.717, 1.165) is 11.4 Å². The van der Waals surface area contributed by atoms with E-state index in [-0.39, 0.29) is 23.3 Å². The van der Waals surface area contributed by atoms with Crippen molar-refractivity contribution >= 4 is 41.2 Å². The van der Waals surface area contributed by atoms with Crippen molar-refractivity contribution in [1.29, 1.82) is 0 Å². The number of pyridine rings is 1. The summed E-state index contributed by atoms with van der Waals surface area (Å²) < 4.78 is 18.1. The molecule has 2 aromatic rings. The monoisotopic (exact) mass is 437 g/mol. The molecule has 0 aliphatic carbocycles. The van der Waals surface area contributed by atoms with Crippen LogP contribution in [0.1, 0.15) is 17.8 Å². The van der Waals surface area contributed by atoms with E-state index in [1.165, 1.54) is 30.3 Å². The number of amides is 2. The number of carbonyl (C=O) groups is 2. The molecule has 0 spiro atoms. The lowest BCUT2D eigenvalue weighted by molar-refractivity contribution is -0.124. The lowest BCUT2D eigenvalue weighted by Crippen LogP contribution is -2.54. The zero-order valence-electron chi connectivity index (χ0n) is 15.9. The quantitative estimate of drug-likeness (QED) is 0.623. The Morgan fingerprint density at radius 3 is 2.86 bits per heavy atom. The number of hydrogen-bond acceptors (Lipinski definition) is 6. The van der Waals surface area contributed by atoms with Gasteiger partial charge in [-0.2, -0.15) is 0 Å². The molecule has 1 saturated heterocycles. The van der Waals surface area contributed by atoms with Gasteiger partial charge in [0.2, 0.25) is 11.8 Å². The number of anilines is 1. The molecule has 3 rings (SSSR count). The molecule has 1 fully saturated rings.